The van der Waals surface area contributed by atoms with E-state index in [-0.39, 0.29) is 11.4 Å². The van der Waals surface area contributed by atoms with Crippen LogP contribution in [-0.4, -0.2) is 18.0 Å². The normalized spacial score (nSPS) is 10.5. The number of nitrogens with two attached hydrogens (primary N) is 1. The Balaban J connectivity index is 2.75. The molecular formula is C10H9FN2O2. The molecule has 0 aliphatic heterocycles. The van der Waals surface area contributed by atoms with E-state index in [0.717, 1.165) is 0 Å². The van der Waals surface area contributed by atoms with Crippen LogP contribution in [-0.2, 0) is 0 Å². The minimum atomic E-state index is -0.589. The molecule has 0 fully saturated rings. The zero-order valence-corrected chi connectivity index (χ0v) is 8.00. The first-order valence-corrected chi connectivity index (χ1v) is 4.28. The van der Waals surface area contributed by atoms with E-state index < -0.39 is 11.7 Å². The number of carbonyl (C=O) groups excluding carboxylic acids is 1. The summed E-state index contributed by atoms with van der Waals surface area (Å²) in [6, 6.07) is 4.27. The van der Waals surface area contributed by atoms with Crippen molar-refractivity contribution in [2.24, 2.45) is 5.73 Å². The molecule has 2 aromatic rings. The molecule has 78 valence electrons. The zero-order chi connectivity index (χ0) is 11.0. The van der Waals surface area contributed by atoms with Crippen molar-refractivity contribution in [1.82, 2.24) is 4.98 Å². The van der Waals surface area contributed by atoms with Crippen molar-refractivity contribution < 1.29 is 13.9 Å². The van der Waals surface area contributed by atoms with Gasteiger partial charge in [0.15, 0.2) is 11.6 Å². The van der Waals surface area contributed by atoms with Crippen LogP contribution in [0.15, 0.2) is 18.2 Å². The number of hydrogen-bond donors (Lipinski definition) is 2. The van der Waals surface area contributed by atoms with Crippen LogP contribution in [0, 0.1) is 5.82 Å². The highest BCUT2D eigenvalue weighted by molar-refractivity contribution is 5.98. The Morgan fingerprint density at radius 1 is 1.53 bits per heavy atom. The number of fused-ring (bicyclic) bond motifs is 1. The number of hydrogen-bond acceptors (Lipinski definition) is 2. The molecule has 1 aromatic carbocycles. The molecule has 3 N–H and O–H groups in total. The Morgan fingerprint density at radius 2 is 2.27 bits per heavy atom. The Kier molecular flexibility index (Phi) is 2.07. The second kappa shape index (κ2) is 3.27. The summed E-state index contributed by atoms with van der Waals surface area (Å²) in [5.41, 5.74) is 5.95. The highest BCUT2D eigenvalue weighted by Crippen LogP contribution is 2.28. The van der Waals surface area contributed by atoms with E-state index in [1.54, 1.807) is 0 Å². The number of H-pyrrole nitrogens is 1. The van der Waals surface area contributed by atoms with Gasteiger partial charge in [0.2, 0.25) is 0 Å². The smallest absolute Gasteiger partial charge is 0.265 e. The van der Waals surface area contributed by atoms with Crippen LogP contribution in [0.4, 0.5) is 4.39 Å². The Morgan fingerprint density at radius 3 is 2.87 bits per heavy atom. The van der Waals surface area contributed by atoms with Crippen molar-refractivity contribution in [3.63, 3.8) is 0 Å². The number of aromatic amines is 1. The summed E-state index contributed by atoms with van der Waals surface area (Å²) >= 11 is 0. The summed E-state index contributed by atoms with van der Waals surface area (Å²) in [4.78, 5) is 13.7. The van der Waals surface area contributed by atoms with Gasteiger partial charge in [-0.15, -0.1) is 0 Å². The van der Waals surface area contributed by atoms with Gasteiger partial charge in [0, 0.05) is 10.9 Å². The van der Waals surface area contributed by atoms with Crippen LogP contribution in [0.5, 0.6) is 5.75 Å². The summed E-state index contributed by atoms with van der Waals surface area (Å²) < 4.78 is 18.2. The molecule has 0 radical (unpaired) electrons. The van der Waals surface area contributed by atoms with E-state index in [1.165, 1.54) is 25.3 Å². The van der Waals surface area contributed by atoms with Gasteiger partial charge in [0.1, 0.15) is 5.69 Å². The fourth-order valence-corrected chi connectivity index (χ4v) is 1.49. The summed E-state index contributed by atoms with van der Waals surface area (Å²) in [5, 5.41) is 0.506. The van der Waals surface area contributed by atoms with Crippen LogP contribution >= 0.6 is 0 Å². The van der Waals surface area contributed by atoms with Crippen LogP contribution in [0.25, 0.3) is 10.9 Å². The third-order valence-corrected chi connectivity index (χ3v) is 2.18. The molecule has 1 amide bonds. The summed E-state index contributed by atoms with van der Waals surface area (Å²) in [7, 11) is 1.37. The molecule has 0 unspecified atom stereocenters. The third kappa shape index (κ3) is 1.41. The zero-order valence-electron chi connectivity index (χ0n) is 8.00. The minimum Gasteiger partial charge on any atom is -0.493 e. The lowest BCUT2D eigenvalue weighted by Gasteiger charge is -2.01. The van der Waals surface area contributed by atoms with Crippen molar-refractivity contribution in [1.29, 1.82) is 0 Å². The number of carbonyl (C=O) groups is 1. The number of halogens is 1. The van der Waals surface area contributed by atoms with E-state index in [4.69, 9.17) is 10.5 Å². The van der Waals surface area contributed by atoms with Gasteiger partial charge in [-0.3, -0.25) is 4.79 Å². The third-order valence-electron chi connectivity index (χ3n) is 2.18. The number of benzene rings is 1. The lowest BCUT2D eigenvalue weighted by Crippen LogP contribution is -2.10. The van der Waals surface area contributed by atoms with Crippen molar-refractivity contribution in [3.8, 4) is 5.75 Å². The Bertz CT molecular complexity index is 533. The second-order valence-electron chi connectivity index (χ2n) is 3.09. The highest BCUT2D eigenvalue weighted by Gasteiger charge is 2.12. The molecule has 2 rings (SSSR count). The number of aromatic nitrogens is 1. The molecule has 5 heteroatoms. The van der Waals surface area contributed by atoms with Crippen molar-refractivity contribution in [2.75, 3.05) is 7.11 Å². The summed E-state index contributed by atoms with van der Waals surface area (Å²) in [6.45, 7) is 0. The van der Waals surface area contributed by atoms with Crippen molar-refractivity contribution in [3.05, 3.63) is 29.7 Å². The molecule has 0 atom stereocenters. The van der Waals surface area contributed by atoms with Gasteiger partial charge in [-0.05, 0) is 18.2 Å². The minimum absolute atomic E-state index is 0.108. The molecule has 1 heterocycles. The molecule has 0 aliphatic rings. The van der Waals surface area contributed by atoms with Gasteiger partial charge in [-0.2, -0.15) is 0 Å². The van der Waals surface area contributed by atoms with E-state index in [1.807, 2.05) is 0 Å². The van der Waals surface area contributed by atoms with Crippen LogP contribution in [0.3, 0.4) is 0 Å². The standard InChI is InChI=1S/C10H9FN2O2/c1-15-9-5-4-8(10(12)14)13-7(5)3-2-6(9)11/h2-4,13H,1H3,(H2,12,14). The van der Waals surface area contributed by atoms with Crippen molar-refractivity contribution in [2.45, 2.75) is 0 Å². The maximum atomic E-state index is 13.3. The average molecular weight is 208 g/mol. The molecular weight excluding hydrogens is 199 g/mol. The second-order valence-corrected chi connectivity index (χ2v) is 3.09. The fourth-order valence-electron chi connectivity index (χ4n) is 1.49. The lowest BCUT2D eigenvalue weighted by molar-refractivity contribution is 0.0996. The predicted molar refractivity (Wildman–Crippen MR) is 53.3 cm³/mol. The SMILES string of the molecule is COc1c(F)ccc2[nH]c(C(N)=O)cc12. The topological polar surface area (TPSA) is 68.1 Å². The van der Waals surface area contributed by atoms with Crippen LogP contribution in [0.1, 0.15) is 10.5 Å². The summed E-state index contributed by atoms with van der Waals surface area (Å²) in [5.74, 6) is -0.954. The quantitative estimate of drug-likeness (QED) is 0.783. The average Bonchev–Trinajstić information content (AvgIpc) is 2.61. The summed E-state index contributed by atoms with van der Waals surface area (Å²) in [6.07, 6.45) is 0. The number of methoxy groups -OCH3 is 1. The number of rotatable bonds is 2. The van der Waals surface area contributed by atoms with Gasteiger partial charge in [0.05, 0.1) is 7.11 Å². The first kappa shape index (κ1) is 9.51. The fraction of sp³-hybridized carbons (Fsp3) is 0.100. The van der Waals surface area contributed by atoms with Gasteiger partial charge in [0.25, 0.3) is 5.91 Å². The lowest BCUT2D eigenvalue weighted by atomic mass is 10.2. The first-order chi connectivity index (χ1) is 7.13. The van der Waals surface area contributed by atoms with Gasteiger partial charge in [-0.1, -0.05) is 0 Å². The van der Waals surface area contributed by atoms with Crippen LogP contribution < -0.4 is 10.5 Å². The van der Waals surface area contributed by atoms with E-state index in [9.17, 15) is 9.18 Å². The van der Waals surface area contributed by atoms with Crippen LogP contribution in [0.2, 0.25) is 0 Å². The largest absolute Gasteiger partial charge is 0.493 e. The van der Waals surface area contributed by atoms with Crippen molar-refractivity contribution >= 4 is 16.8 Å². The monoisotopic (exact) mass is 208 g/mol. The molecule has 0 aliphatic carbocycles. The maximum Gasteiger partial charge on any atom is 0.265 e. The first-order valence-electron chi connectivity index (χ1n) is 4.28. The molecule has 15 heavy (non-hydrogen) atoms. The molecule has 1 aromatic heterocycles. The van der Waals surface area contributed by atoms with E-state index >= 15 is 0 Å². The van der Waals surface area contributed by atoms with Gasteiger partial charge >= 0.3 is 0 Å². The number of nitrogens with one attached hydrogen (secondary N) is 1. The Hall–Kier alpha value is -2.04. The van der Waals surface area contributed by atoms with Gasteiger partial charge in [-0.25, -0.2) is 4.39 Å². The number of primary amides is 1. The molecule has 0 saturated heterocycles. The molecule has 0 saturated carbocycles. The highest BCUT2D eigenvalue weighted by atomic mass is 19.1. The van der Waals surface area contributed by atoms with E-state index in [2.05, 4.69) is 4.98 Å². The molecule has 0 spiro atoms. The molecule has 0 bridgehead atoms. The van der Waals surface area contributed by atoms with E-state index in [0.29, 0.717) is 10.9 Å². The van der Waals surface area contributed by atoms with Gasteiger partial charge < -0.3 is 15.5 Å². The molecule has 4 nitrogen and oxygen atoms in total. The number of amides is 1. The Labute approximate surface area is 84.8 Å². The number of ether oxygens (including phenoxy) is 1. The maximum absolute atomic E-state index is 13.3. The predicted octanol–water partition coefficient (Wildman–Crippen LogP) is 1.41.